The predicted octanol–water partition coefficient (Wildman–Crippen LogP) is 1.02. The molecule has 0 aliphatic heterocycles. The van der Waals surface area contributed by atoms with Crippen LogP contribution in [0, 0.1) is 16.7 Å². The largest absolute Gasteiger partial charge is 0.299 e. The minimum absolute atomic E-state index is 0.0547. The molecule has 0 saturated heterocycles. The maximum Gasteiger partial charge on any atom is 0.243 e. The number of nitrogens with zero attached hydrogens (tertiary/aromatic N) is 2. The summed E-state index contributed by atoms with van der Waals surface area (Å²) in [6, 6.07) is 0. The van der Waals surface area contributed by atoms with E-state index in [1.54, 1.807) is 0 Å². The Bertz CT molecular complexity index is 738. The van der Waals surface area contributed by atoms with Gasteiger partial charge in [0.2, 0.25) is 16.4 Å². The number of nitrogens with one attached hydrogen (secondary N) is 1. The number of imidazole rings is 1. The molecular weight excluding hydrogens is 326 g/mol. The van der Waals surface area contributed by atoms with Crippen molar-refractivity contribution in [2.75, 3.05) is 12.3 Å². The molecule has 134 valence electrons. The zero-order valence-corrected chi connectivity index (χ0v) is 15.6. The number of aromatic nitrogens is 2. The lowest BCUT2D eigenvalue weighted by Crippen LogP contribution is -2.45. The van der Waals surface area contributed by atoms with Gasteiger partial charge in [-0.2, -0.15) is 0 Å². The average molecular weight is 354 g/mol. The van der Waals surface area contributed by atoms with Crippen LogP contribution in [0.25, 0.3) is 0 Å². The summed E-state index contributed by atoms with van der Waals surface area (Å²) in [6.45, 7) is 5.30. The minimum Gasteiger partial charge on any atom is -0.299 e. The molecule has 3 rings (SSSR count). The summed E-state index contributed by atoms with van der Waals surface area (Å²) in [4.78, 5) is 12.5. The van der Waals surface area contributed by atoms with E-state index in [1.165, 1.54) is 0 Å². The molecule has 2 saturated carbocycles. The minimum atomic E-state index is -3.45. The molecule has 2 aliphatic rings. The van der Waals surface area contributed by atoms with Gasteiger partial charge >= 0.3 is 0 Å². The highest BCUT2D eigenvalue weighted by atomic mass is 32.2. The van der Waals surface area contributed by atoms with Gasteiger partial charge in [-0.1, -0.05) is 13.8 Å². The van der Waals surface area contributed by atoms with E-state index in [1.807, 2.05) is 34.9 Å². The van der Waals surface area contributed by atoms with Crippen molar-refractivity contribution in [3.63, 3.8) is 0 Å². The fourth-order valence-electron chi connectivity index (χ4n) is 4.61. The van der Waals surface area contributed by atoms with E-state index in [2.05, 4.69) is 18.6 Å². The molecule has 2 aliphatic carbocycles. The van der Waals surface area contributed by atoms with Crippen molar-refractivity contribution in [2.45, 2.75) is 46.1 Å². The number of rotatable bonds is 7. The van der Waals surface area contributed by atoms with Gasteiger partial charge in [0.05, 0.1) is 19.3 Å². The molecule has 0 amide bonds. The summed E-state index contributed by atoms with van der Waals surface area (Å²) in [5.41, 5.74) is -0.892. The first-order valence-corrected chi connectivity index (χ1v) is 10.3. The lowest BCUT2D eigenvalue weighted by molar-refractivity contribution is -0.671. The van der Waals surface area contributed by atoms with Crippen molar-refractivity contribution in [2.24, 2.45) is 23.8 Å². The standard InChI is InChI=1S/C17H28N3O3S/c1-16(2)14-5-6-17(16,15(21)11-14)12-24(22,23)18-7-4-8-20-10-9-19(3)13-20/h9-10,13-14,18H,4-8,11-12H2,1-3H3/q+1. The van der Waals surface area contributed by atoms with Gasteiger partial charge in [0.1, 0.15) is 18.2 Å². The summed E-state index contributed by atoms with van der Waals surface area (Å²) >= 11 is 0. The van der Waals surface area contributed by atoms with Crippen LogP contribution in [0.15, 0.2) is 18.7 Å². The van der Waals surface area contributed by atoms with Crippen LogP contribution in [0.2, 0.25) is 0 Å². The van der Waals surface area contributed by atoms with Crippen LogP contribution in [-0.2, 0) is 28.4 Å². The summed E-state index contributed by atoms with van der Waals surface area (Å²) in [7, 11) is -1.50. The third kappa shape index (κ3) is 2.92. The molecule has 1 N–H and O–H groups in total. The lowest BCUT2D eigenvalue weighted by Gasteiger charge is -2.36. The van der Waals surface area contributed by atoms with Gasteiger partial charge in [0.25, 0.3) is 0 Å². The Morgan fingerprint density at radius 2 is 2.17 bits per heavy atom. The number of fused-ring (bicyclic) bond motifs is 2. The Hall–Kier alpha value is -1.21. The van der Waals surface area contributed by atoms with E-state index in [4.69, 9.17) is 0 Å². The smallest absolute Gasteiger partial charge is 0.243 e. The molecule has 1 heterocycles. The third-order valence-electron chi connectivity index (χ3n) is 6.31. The Labute approximate surface area is 144 Å². The average Bonchev–Trinajstić information content (AvgIpc) is 3.05. The van der Waals surface area contributed by atoms with Crippen LogP contribution in [0.5, 0.6) is 0 Å². The molecule has 6 nitrogen and oxygen atoms in total. The maximum atomic E-state index is 12.5. The van der Waals surface area contributed by atoms with Crippen LogP contribution in [0.1, 0.15) is 39.5 Å². The first-order chi connectivity index (χ1) is 11.2. The van der Waals surface area contributed by atoms with Gasteiger partial charge in [-0.15, -0.1) is 0 Å². The summed E-state index contributed by atoms with van der Waals surface area (Å²) in [5.74, 6) is 0.435. The first-order valence-electron chi connectivity index (χ1n) is 8.68. The summed E-state index contributed by atoms with van der Waals surface area (Å²) < 4.78 is 31.8. The molecular formula is C17H28N3O3S+. The normalized spacial score (nSPS) is 28.6. The van der Waals surface area contributed by atoms with Gasteiger partial charge in [-0.25, -0.2) is 22.3 Å². The van der Waals surface area contributed by atoms with E-state index in [0.717, 1.165) is 19.4 Å². The van der Waals surface area contributed by atoms with Crippen LogP contribution in [0.3, 0.4) is 0 Å². The van der Waals surface area contributed by atoms with Gasteiger partial charge in [0.15, 0.2) is 0 Å². The van der Waals surface area contributed by atoms with E-state index in [-0.39, 0.29) is 17.0 Å². The Morgan fingerprint density at radius 1 is 1.42 bits per heavy atom. The molecule has 0 spiro atoms. The predicted molar refractivity (Wildman–Crippen MR) is 90.6 cm³/mol. The van der Waals surface area contributed by atoms with Crippen molar-refractivity contribution in [3.05, 3.63) is 18.7 Å². The van der Waals surface area contributed by atoms with Crippen LogP contribution in [-0.4, -0.2) is 31.1 Å². The number of aryl methyl sites for hydroxylation is 2. The Balaban J connectivity index is 1.57. The molecule has 2 unspecified atom stereocenters. The fraction of sp³-hybridized carbons (Fsp3) is 0.765. The zero-order chi connectivity index (χ0) is 17.6. The number of sulfonamides is 1. The van der Waals surface area contributed by atoms with Gasteiger partial charge in [-0.3, -0.25) is 4.79 Å². The third-order valence-corrected chi connectivity index (χ3v) is 7.83. The SMILES string of the molecule is C[n+]1ccn(CCCNS(=O)(=O)CC23CCC(CC2=O)C3(C)C)c1. The van der Waals surface area contributed by atoms with E-state index >= 15 is 0 Å². The number of Topliss-reactive ketones (excluding diaryl/α,β-unsaturated/α-hetero) is 1. The first kappa shape index (κ1) is 17.6. The second kappa shape index (κ2) is 5.95. The molecule has 1 aromatic rings. The second-order valence-corrected chi connectivity index (χ2v) is 9.80. The van der Waals surface area contributed by atoms with Crippen molar-refractivity contribution in [3.8, 4) is 0 Å². The summed E-state index contributed by atoms with van der Waals surface area (Å²) in [5, 5.41) is 0. The molecule has 2 atom stereocenters. The van der Waals surface area contributed by atoms with Gasteiger partial charge < -0.3 is 0 Å². The van der Waals surface area contributed by atoms with Crippen molar-refractivity contribution in [1.82, 2.24) is 9.29 Å². The van der Waals surface area contributed by atoms with Gasteiger partial charge in [0, 0.05) is 18.4 Å². The monoisotopic (exact) mass is 354 g/mol. The van der Waals surface area contributed by atoms with Crippen molar-refractivity contribution >= 4 is 15.8 Å². The fourth-order valence-corrected chi connectivity index (χ4v) is 6.49. The Morgan fingerprint density at radius 3 is 2.71 bits per heavy atom. The quantitative estimate of drug-likeness (QED) is 0.587. The highest BCUT2D eigenvalue weighted by Crippen LogP contribution is 2.64. The number of carbonyl (C=O) groups is 1. The molecule has 7 heteroatoms. The van der Waals surface area contributed by atoms with Crippen LogP contribution >= 0.6 is 0 Å². The molecule has 0 radical (unpaired) electrons. The van der Waals surface area contributed by atoms with Crippen LogP contribution < -0.4 is 9.29 Å². The Kier molecular flexibility index (Phi) is 4.36. The lowest BCUT2D eigenvalue weighted by atomic mass is 9.70. The van der Waals surface area contributed by atoms with Crippen molar-refractivity contribution < 1.29 is 17.8 Å². The topological polar surface area (TPSA) is 72.0 Å². The van der Waals surface area contributed by atoms with Crippen LogP contribution in [0.4, 0.5) is 0 Å². The van der Waals surface area contributed by atoms with E-state index in [9.17, 15) is 13.2 Å². The highest BCUT2D eigenvalue weighted by molar-refractivity contribution is 7.89. The van der Waals surface area contributed by atoms with Gasteiger partial charge in [-0.05, 0) is 30.6 Å². The number of hydrogen-bond acceptors (Lipinski definition) is 3. The zero-order valence-electron chi connectivity index (χ0n) is 14.8. The molecule has 0 aromatic carbocycles. The number of ketones is 1. The summed E-state index contributed by atoms with van der Waals surface area (Å²) in [6.07, 6.45) is 8.84. The number of carbonyl (C=O) groups excluding carboxylic acids is 1. The number of hydrogen-bond donors (Lipinski definition) is 1. The molecule has 2 bridgehead atoms. The van der Waals surface area contributed by atoms with E-state index in [0.29, 0.717) is 25.3 Å². The van der Waals surface area contributed by atoms with Crippen molar-refractivity contribution in [1.29, 1.82) is 0 Å². The maximum absolute atomic E-state index is 12.5. The molecule has 24 heavy (non-hydrogen) atoms. The second-order valence-electron chi connectivity index (χ2n) is 7.99. The van der Waals surface area contributed by atoms with E-state index < -0.39 is 15.4 Å². The highest BCUT2D eigenvalue weighted by Gasteiger charge is 2.65. The molecule has 1 aromatic heterocycles. The molecule has 2 fully saturated rings.